The van der Waals surface area contributed by atoms with Gasteiger partial charge in [-0.2, -0.15) is 0 Å². The van der Waals surface area contributed by atoms with Crippen LogP contribution in [0.2, 0.25) is 0 Å². The lowest BCUT2D eigenvalue weighted by molar-refractivity contribution is 0.270. The van der Waals surface area contributed by atoms with E-state index >= 15 is 0 Å². The van der Waals surface area contributed by atoms with Crippen LogP contribution in [0.5, 0.6) is 0 Å². The Morgan fingerprint density at radius 1 is 1.00 bits per heavy atom. The van der Waals surface area contributed by atoms with Gasteiger partial charge < -0.3 is 10.3 Å². The number of nitrogens with two attached hydrogens (primary N) is 1. The molecular weight excluding hydrogens is 294 g/mol. The van der Waals surface area contributed by atoms with Gasteiger partial charge in [-0.25, -0.2) is 4.98 Å². The molecule has 2 N–H and O–H groups in total. The largest absolute Gasteiger partial charge is 0.369 e. The predicted octanol–water partition coefficient (Wildman–Crippen LogP) is 4.63. The van der Waals surface area contributed by atoms with Crippen LogP contribution in [0.4, 0.5) is 5.95 Å². The summed E-state index contributed by atoms with van der Waals surface area (Å²) in [5.41, 5.74) is 10.2. The Bertz CT molecular complexity index is 919. The van der Waals surface area contributed by atoms with Gasteiger partial charge in [0, 0.05) is 17.2 Å². The topological polar surface area (TPSA) is 43.8 Å². The van der Waals surface area contributed by atoms with Gasteiger partial charge in [-0.15, -0.1) is 0 Å². The van der Waals surface area contributed by atoms with Crippen LogP contribution in [0.1, 0.15) is 44.9 Å². The fraction of sp³-hybridized carbons (Fsp3) is 0.286. The molecule has 2 aromatic carbocycles. The molecule has 0 bridgehead atoms. The van der Waals surface area contributed by atoms with Gasteiger partial charge in [0.15, 0.2) is 0 Å². The van der Waals surface area contributed by atoms with Gasteiger partial charge in [0.1, 0.15) is 0 Å². The Morgan fingerprint density at radius 2 is 1.67 bits per heavy atom. The van der Waals surface area contributed by atoms with E-state index in [9.17, 15) is 0 Å². The minimum absolute atomic E-state index is 0.0907. The molecule has 24 heavy (non-hydrogen) atoms. The second kappa shape index (κ2) is 6.05. The molecule has 0 aliphatic carbocycles. The van der Waals surface area contributed by atoms with Crippen molar-refractivity contribution in [2.75, 3.05) is 5.73 Å². The number of anilines is 1. The Kier molecular flexibility index (Phi) is 4.07. The molecule has 3 heteroatoms. The van der Waals surface area contributed by atoms with Crippen molar-refractivity contribution >= 4 is 17.0 Å². The first-order chi connectivity index (χ1) is 11.4. The van der Waals surface area contributed by atoms with E-state index in [1.165, 1.54) is 0 Å². The molecule has 1 unspecified atom stereocenters. The van der Waals surface area contributed by atoms with Gasteiger partial charge in [-0.1, -0.05) is 50.8 Å². The molecule has 0 saturated carbocycles. The van der Waals surface area contributed by atoms with Crippen molar-refractivity contribution in [3.05, 3.63) is 59.7 Å². The van der Waals surface area contributed by atoms with Crippen molar-refractivity contribution in [1.82, 2.24) is 9.55 Å². The third-order valence-electron chi connectivity index (χ3n) is 4.48. The maximum atomic E-state index is 6.18. The number of fused-ring (bicyclic) bond motifs is 1. The maximum Gasteiger partial charge on any atom is 0.201 e. The van der Waals surface area contributed by atoms with Gasteiger partial charge in [-0.3, -0.25) is 0 Å². The number of hydrogen-bond donors (Lipinski definition) is 1. The zero-order chi connectivity index (χ0) is 17.3. The van der Waals surface area contributed by atoms with Crippen LogP contribution in [0, 0.1) is 17.3 Å². The van der Waals surface area contributed by atoms with Crippen LogP contribution in [0.3, 0.4) is 0 Å². The lowest BCUT2D eigenvalue weighted by atomic mass is 9.88. The average Bonchev–Trinajstić information content (AvgIpc) is 2.87. The molecule has 0 aliphatic rings. The highest BCUT2D eigenvalue weighted by molar-refractivity contribution is 5.80. The Morgan fingerprint density at radius 3 is 2.33 bits per heavy atom. The van der Waals surface area contributed by atoms with Crippen molar-refractivity contribution in [3.63, 3.8) is 0 Å². The number of rotatable bonds is 1. The minimum atomic E-state index is 0.0907. The summed E-state index contributed by atoms with van der Waals surface area (Å²) in [5, 5.41) is 0. The van der Waals surface area contributed by atoms with E-state index < -0.39 is 0 Å². The first-order valence-electron chi connectivity index (χ1n) is 8.21. The van der Waals surface area contributed by atoms with E-state index in [2.05, 4.69) is 55.2 Å². The molecule has 1 atom stereocenters. The van der Waals surface area contributed by atoms with E-state index in [-0.39, 0.29) is 11.5 Å². The van der Waals surface area contributed by atoms with Crippen LogP contribution in [-0.4, -0.2) is 9.55 Å². The van der Waals surface area contributed by atoms with Crippen molar-refractivity contribution in [1.29, 1.82) is 0 Å². The first-order valence-corrected chi connectivity index (χ1v) is 8.21. The summed E-state index contributed by atoms with van der Waals surface area (Å²) in [4.78, 5) is 4.50. The van der Waals surface area contributed by atoms with Crippen molar-refractivity contribution in [2.45, 2.75) is 33.7 Å². The molecular formula is C21H23N3. The zero-order valence-electron chi connectivity index (χ0n) is 14.7. The van der Waals surface area contributed by atoms with E-state index in [0.29, 0.717) is 5.95 Å². The second-order valence-corrected chi connectivity index (χ2v) is 7.20. The average molecular weight is 317 g/mol. The first kappa shape index (κ1) is 16.1. The molecule has 122 valence electrons. The Balaban J connectivity index is 2.06. The molecule has 0 amide bonds. The van der Waals surface area contributed by atoms with Gasteiger partial charge in [-0.05, 0) is 42.7 Å². The van der Waals surface area contributed by atoms with Crippen molar-refractivity contribution in [2.24, 2.45) is 5.41 Å². The Labute approximate surface area is 143 Å². The summed E-state index contributed by atoms with van der Waals surface area (Å²) in [6, 6.07) is 16.3. The second-order valence-electron chi connectivity index (χ2n) is 7.20. The number of benzene rings is 2. The summed E-state index contributed by atoms with van der Waals surface area (Å²) in [7, 11) is 0. The van der Waals surface area contributed by atoms with Crippen LogP contribution < -0.4 is 5.73 Å². The third kappa shape index (κ3) is 3.14. The van der Waals surface area contributed by atoms with Crippen LogP contribution in [-0.2, 0) is 0 Å². The normalized spacial score (nSPS) is 12.7. The number of hydrogen-bond acceptors (Lipinski definition) is 2. The van der Waals surface area contributed by atoms with Gasteiger partial charge in [0.05, 0.1) is 11.0 Å². The number of nitrogen functional groups attached to an aromatic ring is 1. The highest BCUT2D eigenvalue weighted by Gasteiger charge is 2.25. The summed E-state index contributed by atoms with van der Waals surface area (Å²) in [6.07, 6.45) is 0. The molecule has 0 spiro atoms. The molecule has 3 aromatic rings. The summed E-state index contributed by atoms with van der Waals surface area (Å²) in [5.74, 6) is 6.99. The van der Waals surface area contributed by atoms with Crippen LogP contribution in [0.15, 0.2) is 48.5 Å². The smallest absolute Gasteiger partial charge is 0.201 e. The SMILES string of the molecule is CC(n1c(N)nc2ccc(C#Cc3ccccc3)cc21)C(C)(C)C. The minimum Gasteiger partial charge on any atom is -0.369 e. The van der Waals surface area contributed by atoms with Crippen LogP contribution in [0.25, 0.3) is 11.0 Å². The van der Waals surface area contributed by atoms with E-state index in [1.807, 2.05) is 42.5 Å². The molecule has 0 radical (unpaired) electrons. The monoisotopic (exact) mass is 317 g/mol. The van der Waals surface area contributed by atoms with Crippen molar-refractivity contribution in [3.8, 4) is 11.8 Å². The highest BCUT2D eigenvalue weighted by atomic mass is 15.2. The zero-order valence-corrected chi connectivity index (χ0v) is 14.7. The highest BCUT2D eigenvalue weighted by Crippen LogP contribution is 2.34. The lowest BCUT2D eigenvalue weighted by Crippen LogP contribution is -2.22. The maximum absolute atomic E-state index is 6.18. The van der Waals surface area contributed by atoms with Crippen LogP contribution >= 0.6 is 0 Å². The molecule has 1 heterocycles. The van der Waals surface area contributed by atoms with E-state index in [4.69, 9.17) is 5.73 Å². The molecule has 1 aromatic heterocycles. The van der Waals surface area contributed by atoms with E-state index in [0.717, 1.165) is 22.2 Å². The Hall–Kier alpha value is -2.73. The third-order valence-corrected chi connectivity index (χ3v) is 4.48. The standard InChI is InChI=1S/C21H23N3/c1-15(21(2,3)4)24-19-14-17(12-13-18(19)23-20(24)22)11-10-16-8-6-5-7-9-16/h5-9,12-15H,1-4H3,(H2,22,23). The molecule has 0 aliphatic heterocycles. The van der Waals surface area contributed by atoms with Crippen molar-refractivity contribution < 1.29 is 0 Å². The van der Waals surface area contributed by atoms with Gasteiger partial charge >= 0.3 is 0 Å². The molecule has 0 fully saturated rings. The lowest BCUT2D eigenvalue weighted by Gasteiger charge is -2.29. The fourth-order valence-electron chi connectivity index (χ4n) is 2.65. The quantitative estimate of drug-likeness (QED) is 0.665. The summed E-state index contributed by atoms with van der Waals surface area (Å²) >= 11 is 0. The molecule has 3 rings (SSSR count). The van der Waals surface area contributed by atoms with Gasteiger partial charge in [0.25, 0.3) is 0 Å². The molecule has 3 nitrogen and oxygen atoms in total. The number of aromatic nitrogens is 2. The summed E-state index contributed by atoms with van der Waals surface area (Å²) in [6.45, 7) is 8.81. The van der Waals surface area contributed by atoms with E-state index in [1.54, 1.807) is 0 Å². The van der Waals surface area contributed by atoms with Gasteiger partial charge in [0.2, 0.25) is 5.95 Å². The predicted molar refractivity (Wildman–Crippen MR) is 101 cm³/mol. The molecule has 0 saturated heterocycles. The number of imidazole rings is 1. The fourth-order valence-corrected chi connectivity index (χ4v) is 2.65. The summed E-state index contributed by atoms with van der Waals surface area (Å²) < 4.78 is 2.11. The number of nitrogens with zero attached hydrogens (tertiary/aromatic N) is 2.